The Hall–Kier alpha value is -1.97. The highest BCUT2D eigenvalue weighted by Crippen LogP contribution is 2.13. The van der Waals surface area contributed by atoms with Gasteiger partial charge >= 0.3 is 0 Å². The molecule has 1 N–H and O–H groups in total. The molecule has 4 nitrogen and oxygen atoms in total. The number of hydrogen-bond donors (Lipinski definition) is 1. The third kappa shape index (κ3) is 4.81. The highest BCUT2D eigenvalue weighted by molar-refractivity contribution is 5.29. The van der Waals surface area contributed by atoms with Crippen LogP contribution in [0.3, 0.4) is 0 Å². The van der Waals surface area contributed by atoms with E-state index in [4.69, 9.17) is 4.74 Å². The quantitative estimate of drug-likeness (QED) is 0.790. The number of aromatic nitrogens is 2. The van der Waals surface area contributed by atoms with Crippen LogP contribution in [0.4, 0.5) is 5.95 Å². The highest BCUT2D eigenvalue weighted by Gasteiger charge is 2.06. The summed E-state index contributed by atoms with van der Waals surface area (Å²) >= 11 is 0. The molecule has 0 aliphatic heterocycles. The number of benzene rings is 1. The molecule has 1 aromatic heterocycles. The Bertz CT molecular complexity index is 575. The van der Waals surface area contributed by atoms with Crippen LogP contribution in [0, 0.1) is 19.8 Å². The number of rotatable bonds is 7. The van der Waals surface area contributed by atoms with Gasteiger partial charge in [0.25, 0.3) is 0 Å². The van der Waals surface area contributed by atoms with E-state index in [1.165, 1.54) is 5.56 Å². The van der Waals surface area contributed by atoms with Gasteiger partial charge in [0, 0.05) is 12.7 Å². The highest BCUT2D eigenvalue weighted by atomic mass is 16.5. The van der Waals surface area contributed by atoms with E-state index in [0.717, 1.165) is 30.5 Å². The maximum atomic E-state index is 5.74. The van der Waals surface area contributed by atoms with Gasteiger partial charge in [-0.05, 0) is 37.5 Å². The molecular formula is C17H25N3O. The first-order chi connectivity index (χ1) is 10.0. The van der Waals surface area contributed by atoms with Crippen molar-refractivity contribution in [3.8, 4) is 5.75 Å². The average molecular weight is 287 g/mol. The molecule has 0 saturated heterocycles. The van der Waals surface area contributed by atoms with E-state index >= 15 is 0 Å². The summed E-state index contributed by atoms with van der Waals surface area (Å²) in [6.45, 7) is 10.8. The summed E-state index contributed by atoms with van der Waals surface area (Å²) < 4.78 is 7.91. The normalized spacial score (nSPS) is 10.9. The Morgan fingerprint density at radius 1 is 1.29 bits per heavy atom. The van der Waals surface area contributed by atoms with Crippen molar-refractivity contribution < 1.29 is 4.74 Å². The van der Waals surface area contributed by atoms with E-state index in [2.05, 4.69) is 47.9 Å². The Balaban J connectivity index is 1.83. The lowest BCUT2D eigenvalue weighted by molar-refractivity contribution is 0.332. The smallest absolute Gasteiger partial charge is 0.203 e. The van der Waals surface area contributed by atoms with Crippen LogP contribution < -0.4 is 10.1 Å². The minimum atomic E-state index is 0.600. The SMILES string of the molecule is Cc1cccc(OCCNc2nc(C)cn2CC(C)C)c1. The van der Waals surface area contributed by atoms with Crippen LogP contribution in [-0.4, -0.2) is 22.7 Å². The lowest BCUT2D eigenvalue weighted by Gasteiger charge is -2.12. The lowest BCUT2D eigenvalue weighted by Crippen LogP contribution is -2.16. The van der Waals surface area contributed by atoms with E-state index in [9.17, 15) is 0 Å². The van der Waals surface area contributed by atoms with Crippen LogP contribution in [0.15, 0.2) is 30.5 Å². The molecule has 0 amide bonds. The molecule has 2 aromatic rings. The van der Waals surface area contributed by atoms with Crippen molar-refractivity contribution in [3.05, 3.63) is 41.7 Å². The Morgan fingerprint density at radius 3 is 2.81 bits per heavy atom. The monoisotopic (exact) mass is 287 g/mol. The number of nitrogens with one attached hydrogen (secondary N) is 1. The second-order valence-electron chi connectivity index (χ2n) is 5.84. The van der Waals surface area contributed by atoms with Crippen molar-refractivity contribution in [2.24, 2.45) is 5.92 Å². The van der Waals surface area contributed by atoms with Crippen LogP contribution in [0.25, 0.3) is 0 Å². The summed E-state index contributed by atoms with van der Waals surface area (Å²) in [6.07, 6.45) is 2.09. The third-order valence-electron chi connectivity index (χ3n) is 3.10. The zero-order valence-electron chi connectivity index (χ0n) is 13.4. The zero-order chi connectivity index (χ0) is 15.2. The summed E-state index contributed by atoms with van der Waals surface area (Å²) in [6, 6.07) is 8.11. The van der Waals surface area contributed by atoms with Gasteiger partial charge in [-0.25, -0.2) is 4.98 Å². The van der Waals surface area contributed by atoms with Gasteiger partial charge in [-0.15, -0.1) is 0 Å². The first-order valence-corrected chi connectivity index (χ1v) is 7.51. The molecule has 0 fully saturated rings. The number of ether oxygens (including phenoxy) is 1. The van der Waals surface area contributed by atoms with Gasteiger partial charge in [-0.3, -0.25) is 0 Å². The van der Waals surface area contributed by atoms with Crippen molar-refractivity contribution in [2.75, 3.05) is 18.5 Å². The largest absolute Gasteiger partial charge is 0.492 e. The maximum absolute atomic E-state index is 5.74. The number of imidazole rings is 1. The molecule has 0 atom stereocenters. The summed E-state index contributed by atoms with van der Waals surface area (Å²) in [4.78, 5) is 4.52. The lowest BCUT2D eigenvalue weighted by atomic mass is 10.2. The van der Waals surface area contributed by atoms with Crippen LogP contribution in [0.5, 0.6) is 5.75 Å². The van der Waals surface area contributed by atoms with Crippen molar-refractivity contribution in [1.82, 2.24) is 9.55 Å². The first kappa shape index (κ1) is 15.4. The van der Waals surface area contributed by atoms with Gasteiger partial charge in [0.05, 0.1) is 12.2 Å². The molecule has 0 spiro atoms. The van der Waals surface area contributed by atoms with E-state index in [1.807, 2.05) is 25.1 Å². The molecule has 0 bridgehead atoms. The molecule has 0 aliphatic rings. The van der Waals surface area contributed by atoms with Crippen LogP contribution in [-0.2, 0) is 6.54 Å². The molecule has 2 rings (SSSR count). The number of nitrogens with zero attached hydrogens (tertiary/aromatic N) is 2. The van der Waals surface area contributed by atoms with Gasteiger partial charge in [0.2, 0.25) is 5.95 Å². The summed E-state index contributed by atoms with van der Waals surface area (Å²) in [5.74, 6) is 2.44. The fourth-order valence-corrected chi connectivity index (χ4v) is 2.26. The predicted molar refractivity (Wildman–Crippen MR) is 87.0 cm³/mol. The second kappa shape index (κ2) is 7.16. The van der Waals surface area contributed by atoms with Gasteiger partial charge in [-0.1, -0.05) is 26.0 Å². The molecule has 0 unspecified atom stereocenters. The molecule has 0 aliphatic carbocycles. The molecule has 114 valence electrons. The van der Waals surface area contributed by atoms with Crippen LogP contribution in [0.2, 0.25) is 0 Å². The van der Waals surface area contributed by atoms with Gasteiger partial charge in [0.15, 0.2) is 0 Å². The molecule has 0 radical (unpaired) electrons. The van der Waals surface area contributed by atoms with E-state index in [-0.39, 0.29) is 0 Å². The van der Waals surface area contributed by atoms with Crippen LogP contribution in [0.1, 0.15) is 25.1 Å². The summed E-state index contributed by atoms with van der Waals surface area (Å²) in [5, 5.41) is 3.35. The fraction of sp³-hybridized carbons (Fsp3) is 0.471. The Kier molecular flexibility index (Phi) is 5.26. The van der Waals surface area contributed by atoms with Crippen molar-refractivity contribution >= 4 is 5.95 Å². The molecule has 21 heavy (non-hydrogen) atoms. The van der Waals surface area contributed by atoms with Crippen molar-refractivity contribution in [3.63, 3.8) is 0 Å². The molecule has 0 saturated carbocycles. The van der Waals surface area contributed by atoms with Gasteiger partial charge in [0.1, 0.15) is 12.4 Å². The Labute approximate surface area is 127 Å². The third-order valence-corrected chi connectivity index (χ3v) is 3.10. The summed E-state index contributed by atoms with van der Waals surface area (Å²) in [7, 11) is 0. The summed E-state index contributed by atoms with van der Waals surface area (Å²) in [5.41, 5.74) is 2.25. The van der Waals surface area contributed by atoms with Crippen molar-refractivity contribution in [2.45, 2.75) is 34.2 Å². The standard InChI is InChI=1S/C17H25N3O/c1-13(2)11-20-12-15(4)19-17(20)18-8-9-21-16-7-5-6-14(3)10-16/h5-7,10,12-13H,8-9,11H2,1-4H3,(H,18,19). The number of hydrogen-bond acceptors (Lipinski definition) is 3. The van der Waals surface area contributed by atoms with Gasteiger partial charge in [-0.2, -0.15) is 0 Å². The molecule has 1 heterocycles. The number of anilines is 1. The molecule has 4 heteroatoms. The Morgan fingerprint density at radius 2 is 2.10 bits per heavy atom. The minimum Gasteiger partial charge on any atom is -0.492 e. The average Bonchev–Trinajstić information content (AvgIpc) is 2.74. The maximum Gasteiger partial charge on any atom is 0.203 e. The molecule has 1 aromatic carbocycles. The predicted octanol–water partition coefficient (Wildman–Crippen LogP) is 3.65. The zero-order valence-corrected chi connectivity index (χ0v) is 13.4. The molecular weight excluding hydrogens is 262 g/mol. The van der Waals surface area contributed by atoms with Crippen LogP contribution >= 0.6 is 0 Å². The van der Waals surface area contributed by atoms with E-state index in [1.54, 1.807) is 0 Å². The van der Waals surface area contributed by atoms with Crippen molar-refractivity contribution in [1.29, 1.82) is 0 Å². The first-order valence-electron chi connectivity index (χ1n) is 7.51. The van der Waals surface area contributed by atoms with E-state index < -0.39 is 0 Å². The topological polar surface area (TPSA) is 39.1 Å². The fourth-order valence-electron chi connectivity index (χ4n) is 2.26. The minimum absolute atomic E-state index is 0.600. The van der Waals surface area contributed by atoms with Gasteiger partial charge < -0.3 is 14.6 Å². The van der Waals surface area contributed by atoms with E-state index in [0.29, 0.717) is 12.5 Å². The second-order valence-corrected chi connectivity index (χ2v) is 5.84. The number of aryl methyl sites for hydroxylation is 2.